The van der Waals surface area contributed by atoms with E-state index in [4.69, 9.17) is 0 Å². The van der Waals surface area contributed by atoms with Crippen molar-refractivity contribution in [2.24, 2.45) is 0 Å². The van der Waals surface area contributed by atoms with Crippen molar-refractivity contribution in [2.75, 3.05) is 4.90 Å². The number of aryl methyl sites for hydroxylation is 1. The van der Waals surface area contributed by atoms with Crippen LogP contribution in [0.5, 0.6) is 0 Å². The quantitative estimate of drug-likeness (QED) is 0.210. The van der Waals surface area contributed by atoms with E-state index in [9.17, 15) is 0 Å². The zero-order valence-electron chi connectivity index (χ0n) is 24.8. The van der Waals surface area contributed by atoms with Gasteiger partial charge >= 0.3 is 0 Å². The predicted octanol–water partition coefficient (Wildman–Crippen LogP) is 11.7. The third-order valence-electron chi connectivity index (χ3n) is 9.31. The Morgan fingerprint density at radius 2 is 1.05 bits per heavy atom. The number of anilines is 3. The fraction of sp³-hybridized carbons (Fsp3) is 0.0952. The van der Waals surface area contributed by atoms with E-state index >= 15 is 0 Å². The van der Waals surface area contributed by atoms with Crippen LogP contribution in [0.2, 0.25) is 0 Å². The van der Waals surface area contributed by atoms with Gasteiger partial charge in [0.15, 0.2) is 0 Å². The summed E-state index contributed by atoms with van der Waals surface area (Å²) < 4.78 is 0. The first-order chi connectivity index (χ1) is 21.0. The monoisotopic (exact) mass is 551 g/mol. The lowest BCUT2D eigenvalue weighted by Crippen LogP contribution is -2.16. The van der Waals surface area contributed by atoms with Crippen LogP contribution < -0.4 is 4.90 Å². The molecule has 0 aliphatic heterocycles. The SMILES string of the molecule is Cc1ccc(-c2ccc(N(c3ccc4c(c3)C(C)(C)c3ccc5ccccc5c3-4)c3ccc4ccccc4c3)cc2)cc1. The number of fused-ring (bicyclic) bond motifs is 6. The van der Waals surface area contributed by atoms with Crippen molar-refractivity contribution in [2.45, 2.75) is 26.2 Å². The molecule has 0 amide bonds. The highest BCUT2D eigenvalue weighted by molar-refractivity contribution is 6.03. The van der Waals surface area contributed by atoms with E-state index in [0.717, 1.165) is 11.4 Å². The van der Waals surface area contributed by atoms with Gasteiger partial charge in [-0.15, -0.1) is 0 Å². The maximum Gasteiger partial charge on any atom is 0.0468 e. The third-order valence-corrected chi connectivity index (χ3v) is 9.31. The molecule has 206 valence electrons. The highest BCUT2D eigenvalue weighted by Crippen LogP contribution is 2.53. The minimum atomic E-state index is -0.102. The second-order valence-corrected chi connectivity index (χ2v) is 12.3. The molecule has 0 saturated heterocycles. The van der Waals surface area contributed by atoms with Crippen molar-refractivity contribution < 1.29 is 0 Å². The summed E-state index contributed by atoms with van der Waals surface area (Å²) in [4.78, 5) is 2.41. The second kappa shape index (κ2) is 9.71. The van der Waals surface area contributed by atoms with Crippen molar-refractivity contribution in [1.82, 2.24) is 0 Å². The lowest BCUT2D eigenvalue weighted by atomic mass is 9.82. The van der Waals surface area contributed by atoms with Gasteiger partial charge in [0.25, 0.3) is 0 Å². The number of hydrogen-bond acceptors (Lipinski definition) is 1. The molecule has 1 aliphatic rings. The van der Waals surface area contributed by atoms with E-state index in [1.807, 2.05) is 0 Å². The van der Waals surface area contributed by atoms with Crippen LogP contribution in [0.1, 0.15) is 30.5 Å². The third kappa shape index (κ3) is 4.15. The molecule has 1 aliphatic carbocycles. The van der Waals surface area contributed by atoms with E-state index in [2.05, 4.69) is 171 Å². The molecule has 0 fully saturated rings. The Morgan fingerprint density at radius 3 is 1.81 bits per heavy atom. The van der Waals surface area contributed by atoms with Crippen LogP contribution in [0.3, 0.4) is 0 Å². The summed E-state index contributed by atoms with van der Waals surface area (Å²) in [6.45, 7) is 6.87. The van der Waals surface area contributed by atoms with Crippen LogP contribution in [0, 0.1) is 6.92 Å². The summed E-state index contributed by atoms with van der Waals surface area (Å²) in [6.07, 6.45) is 0. The molecule has 0 saturated carbocycles. The van der Waals surface area contributed by atoms with Gasteiger partial charge in [0.05, 0.1) is 0 Å². The summed E-state index contributed by atoms with van der Waals surface area (Å²) in [5.41, 5.74) is 12.6. The molecule has 0 atom stereocenters. The fourth-order valence-corrected chi connectivity index (χ4v) is 6.95. The average Bonchev–Trinajstić information content (AvgIpc) is 3.28. The summed E-state index contributed by atoms with van der Waals surface area (Å²) in [7, 11) is 0. The first-order valence-corrected chi connectivity index (χ1v) is 15.1. The summed E-state index contributed by atoms with van der Waals surface area (Å²) in [5.74, 6) is 0. The van der Waals surface area contributed by atoms with Gasteiger partial charge in [-0.25, -0.2) is 0 Å². The van der Waals surface area contributed by atoms with Gasteiger partial charge in [-0.05, 0) is 98.2 Å². The van der Waals surface area contributed by atoms with Gasteiger partial charge in [-0.2, -0.15) is 0 Å². The Hall–Kier alpha value is -5.14. The normalized spacial score (nSPS) is 13.2. The van der Waals surface area contributed by atoms with Crippen LogP contribution in [0.15, 0.2) is 146 Å². The van der Waals surface area contributed by atoms with Crippen LogP contribution in [0.4, 0.5) is 17.1 Å². The van der Waals surface area contributed by atoms with E-state index in [1.165, 1.54) is 66.2 Å². The molecular weight excluding hydrogens is 518 g/mol. The van der Waals surface area contributed by atoms with Gasteiger partial charge in [-0.1, -0.05) is 129 Å². The van der Waals surface area contributed by atoms with Crippen LogP contribution >= 0.6 is 0 Å². The van der Waals surface area contributed by atoms with Gasteiger partial charge in [0.1, 0.15) is 0 Å². The van der Waals surface area contributed by atoms with Crippen molar-refractivity contribution >= 4 is 38.6 Å². The molecule has 1 nitrogen and oxygen atoms in total. The first-order valence-electron chi connectivity index (χ1n) is 15.1. The van der Waals surface area contributed by atoms with E-state index in [-0.39, 0.29) is 5.41 Å². The fourth-order valence-electron chi connectivity index (χ4n) is 6.95. The standard InChI is InChI=1S/C42H33N/c1-28-12-14-30(15-13-28)31-16-20-34(21-17-31)43(35-22-18-29-8-4-5-10-33(29)26-35)36-23-24-38-40(27-36)42(2,3)39-25-19-32-9-6-7-11-37(32)41(38)39/h4-27H,1-3H3. The number of hydrogen-bond donors (Lipinski definition) is 0. The van der Waals surface area contributed by atoms with E-state index in [1.54, 1.807) is 0 Å². The smallest absolute Gasteiger partial charge is 0.0468 e. The predicted molar refractivity (Wildman–Crippen MR) is 184 cm³/mol. The molecule has 7 aromatic carbocycles. The van der Waals surface area contributed by atoms with E-state index in [0.29, 0.717) is 0 Å². The summed E-state index contributed by atoms with van der Waals surface area (Å²) in [5, 5.41) is 5.11. The maximum atomic E-state index is 2.42. The average molecular weight is 552 g/mol. The summed E-state index contributed by atoms with van der Waals surface area (Å²) >= 11 is 0. The van der Waals surface area contributed by atoms with Gasteiger partial charge in [0.2, 0.25) is 0 Å². The van der Waals surface area contributed by atoms with E-state index < -0.39 is 0 Å². The number of nitrogens with zero attached hydrogens (tertiary/aromatic N) is 1. The maximum absolute atomic E-state index is 2.42. The summed E-state index contributed by atoms with van der Waals surface area (Å²) in [6, 6.07) is 53.6. The van der Waals surface area contributed by atoms with Crippen molar-refractivity contribution in [3.8, 4) is 22.3 Å². The van der Waals surface area contributed by atoms with Crippen molar-refractivity contribution in [1.29, 1.82) is 0 Å². The Morgan fingerprint density at radius 1 is 0.465 bits per heavy atom. The second-order valence-electron chi connectivity index (χ2n) is 12.3. The molecule has 0 spiro atoms. The molecule has 0 radical (unpaired) electrons. The van der Waals surface area contributed by atoms with Gasteiger partial charge in [0, 0.05) is 22.5 Å². The molecule has 1 heteroatoms. The lowest BCUT2D eigenvalue weighted by molar-refractivity contribution is 0.661. The molecule has 0 N–H and O–H groups in total. The molecule has 7 aromatic rings. The lowest BCUT2D eigenvalue weighted by Gasteiger charge is -2.28. The van der Waals surface area contributed by atoms with Crippen LogP contribution in [0.25, 0.3) is 43.8 Å². The highest BCUT2D eigenvalue weighted by atomic mass is 15.1. The Kier molecular flexibility index (Phi) is 5.77. The Balaban J connectivity index is 1.29. The molecule has 0 unspecified atom stereocenters. The number of benzene rings is 7. The number of rotatable bonds is 4. The molecule has 0 bridgehead atoms. The van der Waals surface area contributed by atoms with Gasteiger partial charge in [-0.3, -0.25) is 0 Å². The molecule has 43 heavy (non-hydrogen) atoms. The molecule has 0 heterocycles. The van der Waals surface area contributed by atoms with Crippen LogP contribution in [-0.2, 0) is 5.41 Å². The van der Waals surface area contributed by atoms with Crippen molar-refractivity contribution in [3.63, 3.8) is 0 Å². The minimum absolute atomic E-state index is 0.102. The topological polar surface area (TPSA) is 3.24 Å². The Bertz CT molecular complexity index is 2150. The highest BCUT2D eigenvalue weighted by Gasteiger charge is 2.37. The minimum Gasteiger partial charge on any atom is -0.310 e. The zero-order chi connectivity index (χ0) is 29.1. The van der Waals surface area contributed by atoms with Crippen LogP contribution in [-0.4, -0.2) is 0 Å². The molecular formula is C42H33N. The largest absolute Gasteiger partial charge is 0.310 e. The first kappa shape index (κ1) is 25.6. The molecule has 0 aromatic heterocycles. The van der Waals surface area contributed by atoms with Gasteiger partial charge < -0.3 is 4.90 Å². The Labute approximate surface area is 253 Å². The molecule has 8 rings (SSSR count). The zero-order valence-corrected chi connectivity index (χ0v) is 24.8. The van der Waals surface area contributed by atoms with Crippen molar-refractivity contribution in [3.05, 3.63) is 162 Å².